The van der Waals surface area contributed by atoms with Crippen molar-refractivity contribution in [3.8, 4) is 0 Å². The van der Waals surface area contributed by atoms with E-state index in [4.69, 9.17) is 4.74 Å². The molecule has 0 aromatic carbocycles. The predicted octanol–water partition coefficient (Wildman–Crippen LogP) is 2.38. The molecule has 54 valence electrons. The molecule has 0 amide bonds. The lowest BCUT2D eigenvalue weighted by Crippen LogP contribution is -2.05. The van der Waals surface area contributed by atoms with Crippen LogP contribution in [0.3, 0.4) is 0 Å². The maximum atomic E-state index is 5.34. The Bertz CT molecular complexity index is 76.6. The van der Waals surface area contributed by atoms with Crippen molar-refractivity contribution in [2.75, 3.05) is 6.61 Å². The topological polar surface area (TPSA) is 9.23 Å². The lowest BCUT2D eigenvalue weighted by atomic mass is 10.3. The molecular formula is C8H16O. The molecule has 0 aliphatic rings. The van der Waals surface area contributed by atoms with Crippen LogP contribution in [0.4, 0.5) is 0 Å². The van der Waals surface area contributed by atoms with Gasteiger partial charge in [-0.05, 0) is 20.3 Å². The monoisotopic (exact) mass is 128 g/mol. The van der Waals surface area contributed by atoms with E-state index in [-0.39, 0.29) is 0 Å². The zero-order valence-electron chi connectivity index (χ0n) is 6.55. The number of ether oxygens (including phenoxy) is 1. The molecule has 0 spiro atoms. The Kier molecular flexibility index (Phi) is 5.64. The average Bonchev–Trinajstić information content (AvgIpc) is 1.89. The largest absolute Gasteiger partial charge is 0.374 e. The summed E-state index contributed by atoms with van der Waals surface area (Å²) in [6, 6.07) is 0. The van der Waals surface area contributed by atoms with Crippen molar-refractivity contribution in [1.82, 2.24) is 0 Å². The molecule has 1 heteroatoms. The molecule has 0 N–H and O–H groups in total. The van der Waals surface area contributed by atoms with Crippen LogP contribution in [0, 0.1) is 0 Å². The van der Waals surface area contributed by atoms with Crippen LogP contribution < -0.4 is 0 Å². The van der Waals surface area contributed by atoms with E-state index in [9.17, 15) is 0 Å². The third-order valence-electron chi connectivity index (χ3n) is 1.29. The van der Waals surface area contributed by atoms with Gasteiger partial charge in [-0.1, -0.05) is 19.1 Å². The molecule has 0 saturated heterocycles. The summed E-state index contributed by atoms with van der Waals surface area (Å²) in [4.78, 5) is 0. The third kappa shape index (κ3) is 5.57. The van der Waals surface area contributed by atoms with Crippen molar-refractivity contribution >= 4 is 0 Å². The second kappa shape index (κ2) is 5.83. The maximum absolute atomic E-state index is 5.34. The van der Waals surface area contributed by atoms with Crippen LogP contribution in [-0.4, -0.2) is 12.7 Å². The van der Waals surface area contributed by atoms with Gasteiger partial charge in [-0.2, -0.15) is 0 Å². The number of hydrogen-bond donors (Lipinski definition) is 0. The first-order valence-corrected chi connectivity index (χ1v) is 3.54. The molecule has 0 aromatic heterocycles. The Balaban J connectivity index is 3.06. The van der Waals surface area contributed by atoms with Gasteiger partial charge in [-0.25, -0.2) is 0 Å². The van der Waals surface area contributed by atoms with Crippen molar-refractivity contribution in [3.05, 3.63) is 12.2 Å². The minimum Gasteiger partial charge on any atom is -0.374 e. The van der Waals surface area contributed by atoms with Gasteiger partial charge in [-0.3, -0.25) is 0 Å². The van der Waals surface area contributed by atoms with Crippen LogP contribution in [0.15, 0.2) is 12.2 Å². The molecule has 0 aliphatic heterocycles. The molecule has 0 aliphatic carbocycles. The molecular weight excluding hydrogens is 112 g/mol. The highest BCUT2D eigenvalue weighted by atomic mass is 16.5. The molecule has 0 heterocycles. The zero-order chi connectivity index (χ0) is 7.11. The summed E-state index contributed by atoms with van der Waals surface area (Å²) in [5.74, 6) is 0. The van der Waals surface area contributed by atoms with Crippen molar-refractivity contribution in [1.29, 1.82) is 0 Å². The second-order valence-corrected chi connectivity index (χ2v) is 2.12. The Hall–Kier alpha value is -0.300. The second-order valence-electron chi connectivity index (χ2n) is 2.12. The van der Waals surface area contributed by atoms with Crippen LogP contribution in [0.25, 0.3) is 0 Å². The van der Waals surface area contributed by atoms with Gasteiger partial charge in [0.2, 0.25) is 0 Å². The van der Waals surface area contributed by atoms with Crippen molar-refractivity contribution in [2.45, 2.75) is 33.3 Å². The van der Waals surface area contributed by atoms with Gasteiger partial charge >= 0.3 is 0 Å². The van der Waals surface area contributed by atoms with Crippen molar-refractivity contribution in [3.63, 3.8) is 0 Å². The first kappa shape index (κ1) is 8.70. The molecule has 0 aromatic rings. The van der Waals surface area contributed by atoms with E-state index in [0.29, 0.717) is 6.10 Å². The molecule has 0 saturated carbocycles. The zero-order valence-corrected chi connectivity index (χ0v) is 6.55. The number of hydrogen-bond acceptors (Lipinski definition) is 1. The average molecular weight is 128 g/mol. The minimum absolute atomic E-state index is 0.404. The third-order valence-corrected chi connectivity index (χ3v) is 1.29. The summed E-state index contributed by atoms with van der Waals surface area (Å²) in [5, 5.41) is 0. The Morgan fingerprint density at radius 3 is 2.67 bits per heavy atom. The lowest BCUT2D eigenvalue weighted by molar-refractivity contribution is 0.0856. The van der Waals surface area contributed by atoms with Gasteiger partial charge in [0.1, 0.15) is 0 Å². The van der Waals surface area contributed by atoms with E-state index in [1.54, 1.807) is 0 Å². The fourth-order valence-electron chi connectivity index (χ4n) is 0.434. The normalized spacial score (nSPS) is 14.6. The molecule has 0 rings (SSSR count). The first-order chi connectivity index (χ1) is 4.31. The van der Waals surface area contributed by atoms with Crippen molar-refractivity contribution < 1.29 is 4.74 Å². The van der Waals surface area contributed by atoms with E-state index >= 15 is 0 Å². The summed E-state index contributed by atoms with van der Waals surface area (Å²) in [7, 11) is 0. The Morgan fingerprint density at radius 1 is 1.56 bits per heavy atom. The fourth-order valence-corrected chi connectivity index (χ4v) is 0.434. The smallest absolute Gasteiger partial charge is 0.0650 e. The Labute approximate surface area is 57.7 Å². The van der Waals surface area contributed by atoms with Crippen LogP contribution in [0.1, 0.15) is 27.2 Å². The van der Waals surface area contributed by atoms with E-state index in [2.05, 4.69) is 13.8 Å². The van der Waals surface area contributed by atoms with Gasteiger partial charge < -0.3 is 4.74 Å². The Morgan fingerprint density at radius 2 is 2.22 bits per heavy atom. The van der Waals surface area contributed by atoms with Crippen LogP contribution in [-0.2, 0) is 4.74 Å². The number of allylic oxidation sites excluding steroid dienone is 1. The quantitative estimate of drug-likeness (QED) is 0.528. The molecule has 1 unspecified atom stereocenters. The molecule has 0 fully saturated rings. The van der Waals surface area contributed by atoms with E-state index in [1.807, 2.05) is 19.1 Å². The predicted molar refractivity (Wildman–Crippen MR) is 40.5 cm³/mol. The minimum atomic E-state index is 0.404. The van der Waals surface area contributed by atoms with Gasteiger partial charge in [0.15, 0.2) is 0 Å². The standard InChI is InChI=1S/C8H16O/c1-4-6-7-9-8(3)5-2/h4,6,8H,5,7H2,1-3H3. The molecule has 0 radical (unpaired) electrons. The summed E-state index contributed by atoms with van der Waals surface area (Å²) < 4.78 is 5.34. The highest BCUT2D eigenvalue weighted by Crippen LogP contribution is 1.94. The summed E-state index contributed by atoms with van der Waals surface area (Å²) >= 11 is 0. The molecule has 0 bridgehead atoms. The van der Waals surface area contributed by atoms with E-state index < -0.39 is 0 Å². The molecule has 1 nitrogen and oxygen atoms in total. The molecule has 1 atom stereocenters. The van der Waals surface area contributed by atoms with Crippen LogP contribution in [0.2, 0.25) is 0 Å². The lowest BCUT2D eigenvalue weighted by Gasteiger charge is -2.06. The summed E-state index contributed by atoms with van der Waals surface area (Å²) in [6.07, 6.45) is 5.52. The van der Waals surface area contributed by atoms with Gasteiger partial charge in [0, 0.05) is 0 Å². The van der Waals surface area contributed by atoms with Gasteiger partial charge in [0.25, 0.3) is 0 Å². The highest BCUT2D eigenvalue weighted by Gasteiger charge is 1.93. The first-order valence-electron chi connectivity index (χ1n) is 3.54. The fraction of sp³-hybridized carbons (Fsp3) is 0.750. The van der Waals surface area contributed by atoms with Gasteiger partial charge in [-0.15, -0.1) is 0 Å². The maximum Gasteiger partial charge on any atom is 0.0650 e. The summed E-state index contributed by atoms with van der Waals surface area (Å²) in [6.45, 7) is 6.97. The highest BCUT2D eigenvalue weighted by molar-refractivity contribution is 4.76. The summed E-state index contributed by atoms with van der Waals surface area (Å²) in [5.41, 5.74) is 0. The molecule has 9 heavy (non-hydrogen) atoms. The number of rotatable bonds is 4. The SMILES string of the molecule is CC=CCOC(C)CC. The van der Waals surface area contributed by atoms with Gasteiger partial charge in [0.05, 0.1) is 12.7 Å². The van der Waals surface area contributed by atoms with Crippen molar-refractivity contribution in [2.24, 2.45) is 0 Å². The van der Waals surface area contributed by atoms with E-state index in [1.165, 1.54) is 0 Å². The van der Waals surface area contributed by atoms with Crippen LogP contribution >= 0.6 is 0 Å². The van der Waals surface area contributed by atoms with E-state index in [0.717, 1.165) is 13.0 Å². The van der Waals surface area contributed by atoms with Crippen LogP contribution in [0.5, 0.6) is 0 Å².